The molecule has 1 heterocycles. The Bertz CT molecular complexity index is 517. The Morgan fingerprint density at radius 1 is 1.22 bits per heavy atom. The number of aromatic nitrogens is 1. The number of thiazole rings is 1. The number of rotatable bonds is 3. The fourth-order valence-electron chi connectivity index (χ4n) is 1.50. The van der Waals surface area contributed by atoms with Gasteiger partial charge in [0.1, 0.15) is 5.01 Å². The maximum atomic E-state index is 12.4. The van der Waals surface area contributed by atoms with Gasteiger partial charge in [0.25, 0.3) is 0 Å². The van der Waals surface area contributed by atoms with Gasteiger partial charge in [-0.15, -0.1) is 11.3 Å². The van der Waals surface area contributed by atoms with Gasteiger partial charge < -0.3 is 5.32 Å². The highest BCUT2D eigenvalue weighted by Crippen LogP contribution is 2.32. The number of benzene rings is 1. The van der Waals surface area contributed by atoms with Crippen molar-refractivity contribution in [1.82, 2.24) is 10.3 Å². The fourth-order valence-corrected chi connectivity index (χ4v) is 2.43. The highest BCUT2D eigenvalue weighted by Gasteiger charge is 2.30. The predicted octanol–water partition coefficient (Wildman–Crippen LogP) is 3.55. The van der Waals surface area contributed by atoms with Crippen LogP contribution in [-0.2, 0) is 12.7 Å². The van der Waals surface area contributed by atoms with Crippen molar-refractivity contribution in [1.29, 1.82) is 0 Å². The van der Waals surface area contributed by atoms with Crippen molar-refractivity contribution in [2.75, 3.05) is 7.05 Å². The second-order valence-electron chi connectivity index (χ2n) is 3.74. The molecule has 18 heavy (non-hydrogen) atoms. The lowest BCUT2D eigenvalue weighted by molar-refractivity contribution is -0.137. The van der Waals surface area contributed by atoms with E-state index < -0.39 is 11.7 Å². The molecule has 0 spiro atoms. The van der Waals surface area contributed by atoms with Gasteiger partial charge in [-0.1, -0.05) is 12.1 Å². The van der Waals surface area contributed by atoms with Gasteiger partial charge in [-0.2, -0.15) is 13.2 Å². The molecule has 6 heteroatoms. The highest BCUT2D eigenvalue weighted by molar-refractivity contribution is 7.15. The molecular weight excluding hydrogens is 261 g/mol. The number of alkyl halides is 3. The molecule has 0 saturated heterocycles. The van der Waals surface area contributed by atoms with Crippen molar-refractivity contribution in [2.24, 2.45) is 0 Å². The standard InChI is InChI=1S/C12H11F3N2S/c1-16-6-10-7-17-11(18-10)8-2-4-9(5-3-8)12(13,14)15/h2-5,7,16H,6H2,1H3. The first-order chi connectivity index (χ1) is 8.50. The number of nitrogens with zero attached hydrogens (tertiary/aromatic N) is 1. The highest BCUT2D eigenvalue weighted by atomic mass is 32.1. The molecule has 0 aliphatic heterocycles. The molecule has 2 rings (SSSR count). The third kappa shape index (κ3) is 2.88. The molecular formula is C12H11F3N2S. The van der Waals surface area contributed by atoms with Crippen molar-refractivity contribution in [3.8, 4) is 10.6 Å². The van der Waals surface area contributed by atoms with Gasteiger partial charge >= 0.3 is 6.18 Å². The lowest BCUT2D eigenvalue weighted by Gasteiger charge is -2.06. The van der Waals surface area contributed by atoms with E-state index in [4.69, 9.17) is 0 Å². The maximum Gasteiger partial charge on any atom is 0.416 e. The van der Waals surface area contributed by atoms with Crippen molar-refractivity contribution >= 4 is 11.3 Å². The quantitative estimate of drug-likeness (QED) is 0.924. The van der Waals surface area contributed by atoms with Crippen LogP contribution in [0.4, 0.5) is 13.2 Å². The molecule has 0 aliphatic carbocycles. The first-order valence-electron chi connectivity index (χ1n) is 5.27. The van der Waals surface area contributed by atoms with E-state index >= 15 is 0 Å². The van der Waals surface area contributed by atoms with Crippen LogP contribution in [0.3, 0.4) is 0 Å². The topological polar surface area (TPSA) is 24.9 Å². The zero-order chi connectivity index (χ0) is 13.2. The summed E-state index contributed by atoms with van der Waals surface area (Å²) in [6.45, 7) is 0.707. The summed E-state index contributed by atoms with van der Waals surface area (Å²) in [4.78, 5) is 5.24. The van der Waals surface area contributed by atoms with Crippen LogP contribution in [0.5, 0.6) is 0 Å². The minimum absolute atomic E-state index is 0.641. The van der Waals surface area contributed by atoms with Crippen LogP contribution in [0.15, 0.2) is 30.5 Å². The number of nitrogens with one attached hydrogen (secondary N) is 1. The molecule has 2 aromatic rings. The molecule has 2 nitrogen and oxygen atoms in total. The fraction of sp³-hybridized carbons (Fsp3) is 0.250. The van der Waals surface area contributed by atoms with Crippen LogP contribution in [-0.4, -0.2) is 12.0 Å². The molecule has 0 atom stereocenters. The summed E-state index contributed by atoms with van der Waals surface area (Å²) in [5, 5.41) is 3.73. The van der Waals surface area contributed by atoms with Crippen LogP contribution in [0.1, 0.15) is 10.4 Å². The molecule has 1 N–H and O–H groups in total. The third-order valence-electron chi connectivity index (χ3n) is 2.36. The van der Waals surface area contributed by atoms with Crippen LogP contribution < -0.4 is 5.32 Å². The first-order valence-corrected chi connectivity index (χ1v) is 6.09. The summed E-state index contributed by atoms with van der Waals surface area (Å²) in [5.74, 6) is 0. The van der Waals surface area contributed by atoms with E-state index in [0.29, 0.717) is 12.1 Å². The van der Waals surface area contributed by atoms with Crippen LogP contribution >= 0.6 is 11.3 Å². The summed E-state index contributed by atoms with van der Waals surface area (Å²) < 4.78 is 37.2. The van der Waals surface area contributed by atoms with E-state index in [1.165, 1.54) is 23.5 Å². The average molecular weight is 272 g/mol. The molecule has 0 bridgehead atoms. The van der Waals surface area contributed by atoms with Crippen LogP contribution in [0, 0.1) is 0 Å². The summed E-state index contributed by atoms with van der Waals surface area (Å²) >= 11 is 1.47. The van der Waals surface area contributed by atoms with E-state index in [1.54, 1.807) is 6.20 Å². The summed E-state index contributed by atoms with van der Waals surface area (Å²) in [6.07, 6.45) is -2.56. The van der Waals surface area contributed by atoms with Gasteiger partial charge in [-0.05, 0) is 19.2 Å². The lowest BCUT2D eigenvalue weighted by atomic mass is 10.1. The number of hydrogen-bond donors (Lipinski definition) is 1. The van der Waals surface area contributed by atoms with Gasteiger partial charge in [0.15, 0.2) is 0 Å². The minimum atomic E-state index is -4.29. The zero-order valence-corrected chi connectivity index (χ0v) is 10.4. The van der Waals surface area contributed by atoms with Crippen LogP contribution in [0.25, 0.3) is 10.6 Å². The molecule has 0 aliphatic rings. The largest absolute Gasteiger partial charge is 0.416 e. The molecule has 1 aromatic heterocycles. The average Bonchev–Trinajstić information content (AvgIpc) is 2.77. The molecule has 0 radical (unpaired) electrons. The van der Waals surface area contributed by atoms with E-state index in [9.17, 15) is 13.2 Å². The Balaban J connectivity index is 2.23. The van der Waals surface area contributed by atoms with E-state index in [-0.39, 0.29) is 0 Å². The zero-order valence-electron chi connectivity index (χ0n) is 9.58. The van der Waals surface area contributed by atoms with Crippen LogP contribution in [0.2, 0.25) is 0 Å². The van der Waals surface area contributed by atoms with Crippen molar-refractivity contribution in [2.45, 2.75) is 12.7 Å². The molecule has 0 unspecified atom stereocenters. The van der Waals surface area contributed by atoms with E-state index in [2.05, 4.69) is 10.3 Å². The van der Waals surface area contributed by atoms with Crippen molar-refractivity contribution < 1.29 is 13.2 Å². The maximum absolute atomic E-state index is 12.4. The Labute approximate surface area is 106 Å². The normalized spacial score (nSPS) is 11.8. The van der Waals surface area contributed by atoms with Gasteiger partial charge in [0.2, 0.25) is 0 Å². The summed E-state index contributed by atoms with van der Waals surface area (Å²) in [6, 6.07) is 5.05. The Kier molecular flexibility index (Phi) is 3.68. The van der Waals surface area contributed by atoms with Gasteiger partial charge in [-0.3, -0.25) is 0 Å². The lowest BCUT2D eigenvalue weighted by Crippen LogP contribution is -2.03. The minimum Gasteiger partial charge on any atom is -0.315 e. The molecule has 0 saturated carbocycles. The van der Waals surface area contributed by atoms with E-state index in [1.807, 2.05) is 7.05 Å². The second-order valence-corrected chi connectivity index (χ2v) is 4.85. The number of halogens is 3. The van der Waals surface area contributed by atoms with Crippen molar-refractivity contribution in [3.05, 3.63) is 40.9 Å². The van der Waals surface area contributed by atoms with E-state index in [0.717, 1.165) is 22.0 Å². The predicted molar refractivity (Wildman–Crippen MR) is 65.3 cm³/mol. The van der Waals surface area contributed by atoms with Crippen molar-refractivity contribution in [3.63, 3.8) is 0 Å². The van der Waals surface area contributed by atoms with Gasteiger partial charge in [-0.25, -0.2) is 4.98 Å². The molecule has 96 valence electrons. The van der Waals surface area contributed by atoms with Gasteiger partial charge in [0.05, 0.1) is 5.56 Å². The summed E-state index contributed by atoms with van der Waals surface area (Å²) in [7, 11) is 1.83. The third-order valence-corrected chi connectivity index (χ3v) is 3.41. The summed E-state index contributed by atoms with van der Waals surface area (Å²) in [5.41, 5.74) is 0.0635. The SMILES string of the molecule is CNCc1cnc(-c2ccc(C(F)(F)F)cc2)s1. The van der Waals surface area contributed by atoms with Gasteiger partial charge in [0, 0.05) is 23.2 Å². The second kappa shape index (κ2) is 5.07. The Morgan fingerprint density at radius 2 is 1.89 bits per heavy atom. The molecule has 0 amide bonds. The Hall–Kier alpha value is -1.40. The first kappa shape index (κ1) is 13.0. The smallest absolute Gasteiger partial charge is 0.315 e. The number of hydrogen-bond acceptors (Lipinski definition) is 3. The molecule has 0 fully saturated rings. The Morgan fingerprint density at radius 3 is 2.44 bits per heavy atom. The molecule has 1 aromatic carbocycles. The monoisotopic (exact) mass is 272 g/mol.